The molecule has 1 aromatic heterocycles. The second kappa shape index (κ2) is 7.49. The van der Waals surface area contributed by atoms with Crippen molar-refractivity contribution in [2.75, 3.05) is 13.1 Å². The van der Waals surface area contributed by atoms with Gasteiger partial charge in [0.05, 0.1) is 17.5 Å². The Hall–Kier alpha value is -1.65. The van der Waals surface area contributed by atoms with E-state index in [0.29, 0.717) is 11.8 Å². The highest BCUT2D eigenvalue weighted by Gasteiger charge is 2.25. The van der Waals surface area contributed by atoms with Gasteiger partial charge in [0.1, 0.15) is 0 Å². The van der Waals surface area contributed by atoms with Gasteiger partial charge in [-0.1, -0.05) is 32.0 Å². The molecular weight excluding hydrogens is 298 g/mol. The van der Waals surface area contributed by atoms with E-state index >= 15 is 0 Å². The van der Waals surface area contributed by atoms with Crippen LogP contribution < -0.4 is 0 Å². The number of aliphatic hydroxyl groups is 1. The zero-order chi connectivity index (χ0) is 17.1. The van der Waals surface area contributed by atoms with Crippen LogP contribution in [0.1, 0.15) is 50.8 Å². The van der Waals surface area contributed by atoms with E-state index in [1.807, 2.05) is 29.8 Å². The van der Waals surface area contributed by atoms with E-state index in [4.69, 9.17) is 5.10 Å². The third-order valence-corrected chi connectivity index (χ3v) is 5.01. The molecule has 1 fully saturated rings. The van der Waals surface area contributed by atoms with Crippen LogP contribution in [-0.2, 0) is 6.54 Å². The third-order valence-electron chi connectivity index (χ3n) is 5.01. The van der Waals surface area contributed by atoms with Crippen LogP contribution in [0.2, 0.25) is 0 Å². The van der Waals surface area contributed by atoms with Gasteiger partial charge >= 0.3 is 0 Å². The molecule has 2 heterocycles. The highest BCUT2D eigenvalue weighted by atomic mass is 16.3. The average molecular weight is 327 g/mol. The standard InChI is InChI=1S/C20H29N3O/c1-15(2)20-18(13-22-11-7-8-17(12-22)16(3)24)14-23(21-20)19-9-5-4-6-10-19/h4-6,9-10,14-17,24H,7-8,11-13H2,1-3H3/t16-,17-/m0/s1. The van der Waals surface area contributed by atoms with Crippen LogP contribution in [0, 0.1) is 5.92 Å². The first-order valence-electron chi connectivity index (χ1n) is 9.09. The lowest BCUT2D eigenvalue weighted by Gasteiger charge is -2.34. The van der Waals surface area contributed by atoms with Crippen LogP contribution >= 0.6 is 0 Å². The van der Waals surface area contributed by atoms with Crippen molar-refractivity contribution >= 4 is 0 Å². The quantitative estimate of drug-likeness (QED) is 0.912. The fourth-order valence-corrected chi connectivity index (χ4v) is 3.61. The zero-order valence-corrected chi connectivity index (χ0v) is 15.0. The van der Waals surface area contributed by atoms with Gasteiger partial charge in [0, 0.05) is 24.8 Å². The van der Waals surface area contributed by atoms with Crippen LogP contribution in [0.5, 0.6) is 0 Å². The Kier molecular flexibility index (Phi) is 5.36. The van der Waals surface area contributed by atoms with Crippen molar-refractivity contribution in [2.24, 2.45) is 5.92 Å². The van der Waals surface area contributed by atoms with E-state index in [0.717, 1.165) is 31.7 Å². The number of nitrogens with zero attached hydrogens (tertiary/aromatic N) is 3. The Labute approximate surface area is 145 Å². The second-order valence-electron chi connectivity index (χ2n) is 7.35. The second-order valence-corrected chi connectivity index (χ2v) is 7.35. The Morgan fingerprint density at radius 1 is 1.21 bits per heavy atom. The predicted octanol–water partition coefficient (Wildman–Crippen LogP) is 3.59. The maximum atomic E-state index is 9.91. The number of aromatic nitrogens is 2. The Morgan fingerprint density at radius 2 is 1.96 bits per heavy atom. The molecule has 0 radical (unpaired) electrons. The molecule has 130 valence electrons. The van der Waals surface area contributed by atoms with Crippen molar-refractivity contribution in [3.63, 3.8) is 0 Å². The van der Waals surface area contributed by atoms with Crippen LogP contribution in [0.25, 0.3) is 5.69 Å². The lowest BCUT2D eigenvalue weighted by molar-refractivity contribution is 0.0598. The van der Waals surface area contributed by atoms with Gasteiger partial charge in [-0.2, -0.15) is 5.10 Å². The summed E-state index contributed by atoms with van der Waals surface area (Å²) < 4.78 is 2.00. The van der Waals surface area contributed by atoms with Gasteiger partial charge in [-0.3, -0.25) is 4.90 Å². The number of rotatable bonds is 5. The summed E-state index contributed by atoms with van der Waals surface area (Å²) in [6.07, 6.45) is 4.26. The molecule has 0 spiro atoms. The molecule has 4 nitrogen and oxygen atoms in total. The maximum Gasteiger partial charge on any atom is 0.0699 e. The molecule has 0 bridgehead atoms. The maximum absolute atomic E-state index is 9.91. The number of benzene rings is 1. The Balaban J connectivity index is 1.80. The molecular formula is C20H29N3O. The minimum atomic E-state index is -0.218. The molecule has 2 aromatic rings. The van der Waals surface area contributed by atoms with E-state index in [2.05, 4.69) is 37.1 Å². The van der Waals surface area contributed by atoms with Gasteiger partial charge in [-0.25, -0.2) is 4.68 Å². The van der Waals surface area contributed by atoms with E-state index < -0.39 is 0 Å². The van der Waals surface area contributed by atoms with Gasteiger partial charge in [-0.15, -0.1) is 0 Å². The van der Waals surface area contributed by atoms with Crippen LogP contribution in [0.3, 0.4) is 0 Å². The van der Waals surface area contributed by atoms with Gasteiger partial charge in [0.2, 0.25) is 0 Å². The monoisotopic (exact) mass is 327 g/mol. The summed E-state index contributed by atoms with van der Waals surface area (Å²) in [6, 6.07) is 10.3. The summed E-state index contributed by atoms with van der Waals surface area (Å²) >= 11 is 0. The van der Waals surface area contributed by atoms with Gasteiger partial charge in [0.25, 0.3) is 0 Å². The molecule has 1 N–H and O–H groups in total. The van der Waals surface area contributed by atoms with Crippen molar-refractivity contribution in [2.45, 2.75) is 52.2 Å². The SMILES string of the molecule is CC(C)c1nn(-c2ccccc2)cc1CN1CCC[C@H]([C@H](C)O)C1. The van der Waals surface area contributed by atoms with Crippen molar-refractivity contribution in [1.82, 2.24) is 14.7 Å². The molecule has 4 heteroatoms. The summed E-state index contributed by atoms with van der Waals surface area (Å²) in [5.74, 6) is 0.799. The lowest BCUT2D eigenvalue weighted by Crippen LogP contribution is -2.39. The van der Waals surface area contributed by atoms with Gasteiger partial charge < -0.3 is 5.11 Å². The summed E-state index contributed by atoms with van der Waals surface area (Å²) in [5, 5.41) is 14.8. The lowest BCUT2D eigenvalue weighted by atomic mass is 9.93. The minimum absolute atomic E-state index is 0.218. The van der Waals surface area contributed by atoms with Gasteiger partial charge in [0.15, 0.2) is 0 Å². The van der Waals surface area contributed by atoms with Crippen molar-refractivity contribution in [1.29, 1.82) is 0 Å². The summed E-state index contributed by atoms with van der Waals surface area (Å²) in [5.41, 5.74) is 3.59. The van der Waals surface area contributed by atoms with E-state index in [1.54, 1.807) is 0 Å². The molecule has 1 aromatic carbocycles. The third kappa shape index (κ3) is 3.87. The first-order valence-corrected chi connectivity index (χ1v) is 9.09. The normalized spacial score (nSPS) is 20.5. The highest BCUT2D eigenvalue weighted by molar-refractivity contribution is 5.33. The first-order chi connectivity index (χ1) is 11.5. The average Bonchev–Trinajstić information content (AvgIpc) is 3.00. The molecule has 1 aliphatic heterocycles. The van der Waals surface area contributed by atoms with Crippen molar-refractivity contribution < 1.29 is 5.11 Å². The first kappa shape index (κ1) is 17.2. The smallest absolute Gasteiger partial charge is 0.0699 e. The number of hydrogen-bond donors (Lipinski definition) is 1. The fraction of sp³-hybridized carbons (Fsp3) is 0.550. The van der Waals surface area contributed by atoms with E-state index in [1.165, 1.54) is 17.7 Å². The van der Waals surface area contributed by atoms with E-state index in [-0.39, 0.29) is 6.10 Å². The molecule has 0 aliphatic carbocycles. The fourth-order valence-electron chi connectivity index (χ4n) is 3.61. The Morgan fingerprint density at radius 3 is 2.62 bits per heavy atom. The minimum Gasteiger partial charge on any atom is -0.393 e. The molecule has 2 atom stereocenters. The molecule has 3 rings (SSSR count). The molecule has 0 unspecified atom stereocenters. The van der Waals surface area contributed by atoms with Crippen molar-refractivity contribution in [3.8, 4) is 5.69 Å². The summed E-state index contributed by atoms with van der Waals surface area (Å²) in [6.45, 7) is 9.33. The van der Waals surface area contributed by atoms with Crippen LogP contribution in [0.4, 0.5) is 0 Å². The molecule has 1 aliphatic rings. The van der Waals surface area contributed by atoms with Gasteiger partial charge in [-0.05, 0) is 50.3 Å². The number of hydrogen-bond acceptors (Lipinski definition) is 3. The molecule has 0 amide bonds. The zero-order valence-electron chi connectivity index (χ0n) is 15.0. The summed E-state index contributed by atoms with van der Waals surface area (Å²) in [7, 11) is 0. The molecule has 24 heavy (non-hydrogen) atoms. The van der Waals surface area contributed by atoms with E-state index in [9.17, 15) is 5.11 Å². The van der Waals surface area contributed by atoms with Crippen LogP contribution in [0.15, 0.2) is 36.5 Å². The number of likely N-dealkylation sites (tertiary alicyclic amines) is 1. The number of piperidine rings is 1. The number of para-hydroxylation sites is 1. The summed E-state index contributed by atoms with van der Waals surface area (Å²) in [4.78, 5) is 2.47. The predicted molar refractivity (Wildman–Crippen MR) is 97.3 cm³/mol. The van der Waals surface area contributed by atoms with Crippen molar-refractivity contribution in [3.05, 3.63) is 47.8 Å². The number of aliphatic hydroxyl groups excluding tert-OH is 1. The highest BCUT2D eigenvalue weighted by Crippen LogP contribution is 2.25. The molecule has 1 saturated heterocycles. The van der Waals surface area contributed by atoms with Crippen LogP contribution in [-0.4, -0.2) is 39.0 Å². The largest absolute Gasteiger partial charge is 0.393 e. The Bertz CT molecular complexity index is 648. The topological polar surface area (TPSA) is 41.3 Å². The molecule has 0 saturated carbocycles.